The van der Waals surface area contributed by atoms with Crippen molar-refractivity contribution in [3.8, 4) is 17.2 Å². The van der Waals surface area contributed by atoms with Crippen LogP contribution in [0.1, 0.15) is 31.4 Å². The second kappa shape index (κ2) is 6.90. The summed E-state index contributed by atoms with van der Waals surface area (Å²) < 4.78 is 10.7. The monoisotopic (exact) mass is 340 g/mol. The van der Waals surface area contributed by atoms with Gasteiger partial charge in [0, 0.05) is 24.4 Å². The third-order valence-electron chi connectivity index (χ3n) is 5.64. The summed E-state index contributed by atoms with van der Waals surface area (Å²) in [5.41, 5.74) is 1.78. The zero-order valence-corrected chi connectivity index (χ0v) is 14.5. The summed E-state index contributed by atoms with van der Waals surface area (Å²) >= 11 is 0. The smallest absolute Gasteiger partial charge is 0.226 e. The van der Waals surface area contributed by atoms with E-state index < -0.39 is 0 Å². The van der Waals surface area contributed by atoms with Gasteiger partial charge in [-0.1, -0.05) is 6.42 Å². The SMILES string of the molecule is COc1ccc(-c2nc(CCNC(=O)[C@H]3C[C@H]4CC[C@H]3C4)co2)cc1. The average molecular weight is 340 g/mol. The van der Waals surface area contributed by atoms with E-state index in [1.54, 1.807) is 13.4 Å². The third-order valence-corrected chi connectivity index (χ3v) is 5.64. The zero-order valence-electron chi connectivity index (χ0n) is 14.5. The highest BCUT2D eigenvalue weighted by Crippen LogP contribution is 2.48. The Labute approximate surface area is 147 Å². The summed E-state index contributed by atoms with van der Waals surface area (Å²) in [5.74, 6) is 3.29. The summed E-state index contributed by atoms with van der Waals surface area (Å²) in [6.45, 7) is 0.612. The molecule has 2 bridgehead atoms. The second-order valence-corrected chi connectivity index (χ2v) is 7.19. The highest BCUT2D eigenvalue weighted by molar-refractivity contribution is 5.79. The summed E-state index contributed by atoms with van der Waals surface area (Å²) in [4.78, 5) is 16.9. The first-order chi connectivity index (χ1) is 12.2. The van der Waals surface area contributed by atoms with Crippen molar-refractivity contribution < 1.29 is 13.9 Å². The van der Waals surface area contributed by atoms with E-state index in [4.69, 9.17) is 9.15 Å². The number of fused-ring (bicyclic) bond motifs is 2. The van der Waals surface area contributed by atoms with E-state index >= 15 is 0 Å². The van der Waals surface area contributed by atoms with Crippen LogP contribution in [0.15, 0.2) is 34.9 Å². The molecule has 2 aromatic rings. The maximum atomic E-state index is 12.3. The van der Waals surface area contributed by atoms with Gasteiger partial charge in [-0.2, -0.15) is 0 Å². The highest BCUT2D eigenvalue weighted by Gasteiger charge is 2.42. The van der Waals surface area contributed by atoms with Crippen LogP contribution in [0.2, 0.25) is 0 Å². The van der Waals surface area contributed by atoms with Crippen LogP contribution in [0.4, 0.5) is 0 Å². The Kier molecular flexibility index (Phi) is 4.47. The lowest BCUT2D eigenvalue weighted by atomic mass is 9.88. The Morgan fingerprint density at radius 1 is 1.28 bits per heavy atom. The summed E-state index contributed by atoms with van der Waals surface area (Å²) in [6, 6.07) is 7.61. The molecule has 0 radical (unpaired) electrons. The average Bonchev–Trinajstić information content (AvgIpc) is 3.38. The largest absolute Gasteiger partial charge is 0.497 e. The first kappa shape index (κ1) is 16.2. The van der Waals surface area contributed by atoms with Gasteiger partial charge in [0.15, 0.2) is 0 Å². The van der Waals surface area contributed by atoms with Gasteiger partial charge < -0.3 is 14.5 Å². The van der Waals surface area contributed by atoms with Crippen LogP contribution in [-0.2, 0) is 11.2 Å². The fraction of sp³-hybridized carbons (Fsp3) is 0.500. The molecule has 25 heavy (non-hydrogen) atoms. The number of hydrogen-bond acceptors (Lipinski definition) is 4. The van der Waals surface area contributed by atoms with Crippen LogP contribution in [0.25, 0.3) is 11.5 Å². The molecule has 132 valence electrons. The van der Waals surface area contributed by atoms with Crippen molar-refractivity contribution in [2.75, 3.05) is 13.7 Å². The normalized spacial score (nSPS) is 24.4. The predicted octanol–water partition coefficient (Wildman–Crippen LogP) is 3.45. The van der Waals surface area contributed by atoms with Crippen LogP contribution >= 0.6 is 0 Å². The third kappa shape index (κ3) is 3.41. The fourth-order valence-corrected chi connectivity index (χ4v) is 4.30. The van der Waals surface area contributed by atoms with Gasteiger partial charge in [-0.25, -0.2) is 4.98 Å². The van der Waals surface area contributed by atoms with E-state index in [2.05, 4.69) is 10.3 Å². The van der Waals surface area contributed by atoms with Crippen molar-refractivity contribution in [3.63, 3.8) is 0 Å². The molecule has 1 amide bonds. The number of carbonyl (C=O) groups excluding carboxylic acids is 1. The van der Waals surface area contributed by atoms with Crippen LogP contribution in [0.3, 0.4) is 0 Å². The molecule has 5 heteroatoms. The number of nitrogens with zero attached hydrogens (tertiary/aromatic N) is 1. The van der Waals surface area contributed by atoms with Gasteiger partial charge >= 0.3 is 0 Å². The van der Waals surface area contributed by atoms with Gasteiger partial charge in [0.2, 0.25) is 11.8 Å². The summed E-state index contributed by atoms with van der Waals surface area (Å²) in [6.07, 6.45) is 7.25. The van der Waals surface area contributed by atoms with Crippen molar-refractivity contribution in [1.82, 2.24) is 10.3 Å². The Balaban J connectivity index is 1.28. The molecular formula is C20H24N2O3. The number of nitrogens with one attached hydrogen (secondary N) is 1. The summed E-state index contributed by atoms with van der Waals surface area (Å²) in [5, 5.41) is 3.08. The predicted molar refractivity (Wildman–Crippen MR) is 94.1 cm³/mol. The molecular weight excluding hydrogens is 316 g/mol. The van der Waals surface area contributed by atoms with Gasteiger partial charge in [0.1, 0.15) is 12.0 Å². The van der Waals surface area contributed by atoms with Crippen molar-refractivity contribution in [2.45, 2.75) is 32.1 Å². The van der Waals surface area contributed by atoms with Gasteiger partial charge in [-0.3, -0.25) is 4.79 Å². The number of carbonyl (C=O) groups is 1. The molecule has 4 rings (SSSR count). The van der Waals surface area contributed by atoms with E-state index in [-0.39, 0.29) is 11.8 Å². The van der Waals surface area contributed by atoms with Crippen molar-refractivity contribution in [2.24, 2.45) is 17.8 Å². The minimum atomic E-state index is 0.228. The zero-order chi connectivity index (χ0) is 17.2. The Morgan fingerprint density at radius 2 is 2.12 bits per heavy atom. The van der Waals surface area contributed by atoms with Gasteiger partial charge in [0.25, 0.3) is 0 Å². The number of aromatic nitrogens is 1. The van der Waals surface area contributed by atoms with E-state index in [0.29, 0.717) is 24.8 Å². The lowest BCUT2D eigenvalue weighted by Gasteiger charge is -2.20. The number of benzene rings is 1. The van der Waals surface area contributed by atoms with Crippen molar-refractivity contribution >= 4 is 5.91 Å². The number of methoxy groups -OCH3 is 1. The lowest BCUT2D eigenvalue weighted by Crippen LogP contribution is -2.34. The molecule has 1 N–H and O–H groups in total. The Morgan fingerprint density at radius 3 is 2.80 bits per heavy atom. The number of amides is 1. The Hall–Kier alpha value is -2.30. The molecule has 2 aliphatic rings. The molecule has 2 saturated carbocycles. The molecule has 2 aliphatic carbocycles. The highest BCUT2D eigenvalue weighted by atomic mass is 16.5. The molecule has 2 fully saturated rings. The molecule has 1 aromatic carbocycles. The maximum Gasteiger partial charge on any atom is 0.226 e. The second-order valence-electron chi connectivity index (χ2n) is 7.19. The van der Waals surface area contributed by atoms with Crippen LogP contribution in [-0.4, -0.2) is 24.5 Å². The van der Waals surface area contributed by atoms with E-state index in [1.165, 1.54) is 19.3 Å². The molecule has 0 spiro atoms. The van der Waals surface area contributed by atoms with Crippen LogP contribution in [0.5, 0.6) is 5.75 Å². The van der Waals surface area contributed by atoms with Crippen LogP contribution in [0, 0.1) is 17.8 Å². The first-order valence-corrected chi connectivity index (χ1v) is 9.09. The van der Waals surface area contributed by atoms with E-state index in [1.807, 2.05) is 24.3 Å². The lowest BCUT2D eigenvalue weighted by molar-refractivity contribution is -0.126. The first-order valence-electron chi connectivity index (χ1n) is 9.09. The quantitative estimate of drug-likeness (QED) is 0.875. The molecule has 0 saturated heterocycles. The standard InChI is InChI=1S/C20H24N2O3/c1-24-17-6-4-14(5-7-17)20-22-16(12-25-20)8-9-21-19(23)18-11-13-2-3-15(18)10-13/h4-7,12-13,15,18H,2-3,8-11H2,1H3,(H,21,23)/t13-,15-,18-/m0/s1. The molecule has 3 atom stereocenters. The molecule has 1 heterocycles. The molecule has 0 unspecified atom stereocenters. The topological polar surface area (TPSA) is 64.4 Å². The fourth-order valence-electron chi connectivity index (χ4n) is 4.30. The number of rotatable bonds is 6. The van der Waals surface area contributed by atoms with E-state index in [0.717, 1.165) is 29.3 Å². The van der Waals surface area contributed by atoms with Crippen molar-refractivity contribution in [3.05, 3.63) is 36.2 Å². The van der Waals surface area contributed by atoms with Gasteiger partial charge in [-0.15, -0.1) is 0 Å². The number of oxazole rings is 1. The molecule has 5 nitrogen and oxygen atoms in total. The van der Waals surface area contributed by atoms with Gasteiger partial charge in [0.05, 0.1) is 12.8 Å². The maximum absolute atomic E-state index is 12.3. The minimum absolute atomic E-state index is 0.228. The molecule has 0 aliphatic heterocycles. The number of ether oxygens (including phenoxy) is 1. The van der Waals surface area contributed by atoms with Crippen LogP contribution < -0.4 is 10.1 Å². The number of hydrogen-bond donors (Lipinski definition) is 1. The van der Waals surface area contributed by atoms with Crippen molar-refractivity contribution in [1.29, 1.82) is 0 Å². The molecule has 1 aromatic heterocycles. The van der Waals surface area contributed by atoms with E-state index in [9.17, 15) is 4.79 Å². The minimum Gasteiger partial charge on any atom is -0.497 e. The Bertz CT molecular complexity index is 738. The summed E-state index contributed by atoms with van der Waals surface area (Å²) in [7, 11) is 1.64. The van der Waals surface area contributed by atoms with Gasteiger partial charge in [-0.05, 0) is 55.4 Å².